The number of pyridine rings is 1. The van der Waals surface area contributed by atoms with Gasteiger partial charge in [-0.05, 0) is 36.7 Å². The van der Waals surface area contributed by atoms with Gasteiger partial charge in [0.25, 0.3) is 0 Å². The van der Waals surface area contributed by atoms with Gasteiger partial charge in [-0.25, -0.2) is 0 Å². The van der Waals surface area contributed by atoms with Gasteiger partial charge in [-0.2, -0.15) is 0 Å². The molecule has 0 unspecified atom stereocenters. The zero-order valence-electron chi connectivity index (χ0n) is 8.99. The van der Waals surface area contributed by atoms with Gasteiger partial charge >= 0.3 is 8.56 Å². The maximum Gasteiger partial charge on any atom is 0.334 e. The van der Waals surface area contributed by atoms with Crippen LogP contribution in [0.5, 0.6) is 0 Å². The van der Waals surface area contributed by atoms with Gasteiger partial charge in [0.15, 0.2) is 0 Å². The zero-order chi connectivity index (χ0) is 10.4. The molecule has 1 heterocycles. The first-order valence-electron chi connectivity index (χ1n) is 4.69. The van der Waals surface area contributed by atoms with E-state index in [-0.39, 0.29) is 0 Å². The molecule has 0 spiro atoms. The molecule has 0 fully saturated rings. The molecule has 78 valence electrons. The molecule has 0 saturated carbocycles. The summed E-state index contributed by atoms with van der Waals surface area (Å²) in [5.41, 5.74) is 1.29. The van der Waals surface area contributed by atoms with Gasteiger partial charge < -0.3 is 8.85 Å². The maximum atomic E-state index is 5.41. The molecule has 0 aliphatic heterocycles. The summed E-state index contributed by atoms with van der Waals surface area (Å²) >= 11 is 0. The van der Waals surface area contributed by atoms with Crippen LogP contribution in [0.2, 0.25) is 12.6 Å². The van der Waals surface area contributed by atoms with Gasteiger partial charge in [0.05, 0.1) is 0 Å². The van der Waals surface area contributed by atoms with Gasteiger partial charge in [0, 0.05) is 26.6 Å². The van der Waals surface area contributed by atoms with E-state index in [2.05, 4.69) is 11.5 Å². The number of aryl methyl sites for hydroxylation is 1. The van der Waals surface area contributed by atoms with E-state index in [1.54, 1.807) is 14.2 Å². The molecule has 0 aliphatic carbocycles. The predicted molar refractivity (Wildman–Crippen MR) is 58.4 cm³/mol. The van der Waals surface area contributed by atoms with Crippen LogP contribution in [0.4, 0.5) is 0 Å². The molecule has 0 bridgehead atoms. The van der Waals surface area contributed by atoms with Crippen LogP contribution >= 0.6 is 0 Å². The molecule has 0 aromatic carbocycles. The molecule has 14 heavy (non-hydrogen) atoms. The Kier molecular flexibility index (Phi) is 4.25. The van der Waals surface area contributed by atoms with Crippen molar-refractivity contribution >= 4 is 8.56 Å². The minimum absolute atomic E-state index is 0.976. The van der Waals surface area contributed by atoms with Crippen molar-refractivity contribution in [3.05, 3.63) is 30.1 Å². The van der Waals surface area contributed by atoms with Crippen LogP contribution in [0, 0.1) is 0 Å². The Morgan fingerprint density at radius 1 is 1.21 bits per heavy atom. The third-order valence-corrected chi connectivity index (χ3v) is 5.37. The van der Waals surface area contributed by atoms with Crippen LogP contribution in [-0.2, 0) is 15.3 Å². The van der Waals surface area contributed by atoms with Gasteiger partial charge in [-0.3, -0.25) is 4.98 Å². The molecule has 0 N–H and O–H groups in total. The Bertz CT molecular complexity index is 262. The van der Waals surface area contributed by atoms with Crippen LogP contribution in [0.25, 0.3) is 0 Å². The van der Waals surface area contributed by atoms with Gasteiger partial charge in [-0.1, -0.05) is 0 Å². The highest BCUT2D eigenvalue weighted by Crippen LogP contribution is 2.14. The van der Waals surface area contributed by atoms with Gasteiger partial charge in [0.2, 0.25) is 0 Å². The number of hydrogen-bond acceptors (Lipinski definition) is 3. The van der Waals surface area contributed by atoms with E-state index in [4.69, 9.17) is 8.85 Å². The van der Waals surface area contributed by atoms with E-state index >= 15 is 0 Å². The zero-order valence-corrected chi connectivity index (χ0v) is 9.99. The summed E-state index contributed by atoms with van der Waals surface area (Å²) in [6.07, 6.45) is 4.62. The van der Waals surface area contributed by atoms with Crippen molar-refractivity contribution in [1.82, 2.24) is 4.98 Å². The molecule has 0 saturated heterocycles. The lowest BCUT2D eigenvalue weighted by atomic mass is 10.2. The van der Waals surface area contributed by atoms with Crippen LogP contribution in [-0.4, -0.2) is 27.8 Å². The summed E-state index contributed by atoms with van der Waals surface area (Å²) < 4.78 is 10.8. The summed E-state index contributed by atoms with van der Waals surface area (Å²) in [5, 5.41) is 0. The summed E-state index contributed by atoms with van der Waals surface area (Å²) in [6.45, 7) is 2.08. The fourth-order valence-electron chi connectivity index (χ4n) is 1.21. The minimum Gasteiger partial charge on any atom is -0.398 e. The molecule has 1 aromatic heterocycles. The van der Waals surface area contributed by atoms with Gasteiger partial charge in [0.1, 0.15) is 0 Å². The number of aromatic nitrogens is 1. The molecule has 0 atom stereocenters. The molecular weight excluding hydrogens is 194 g/mol. The third-order valence-electron chi connectivity index (χ3n) is 2.48. The SMILES string of the molecule is CO[Si](C)(CCc1ccncc1)OC. The van der Waals surface area contributed by atoms with Crippen molar-refractivity contribution in [3.8, 4) is 0 Å². The summed E-state index contributed by atoms with van der Waals surface area (Å²) in [6, 6.07) is 5.03. The highest BCUT2D eigenvalue weighted by molar-refractivity contribution is 6.65. The lowest BCUT2D eigenvalue weighted by Gasteiger charge is -2.22. The average molecular weight is 211 g/mol. The first-order valence-corrected chi connectivity index (χ1v) is 7.22. The van der Waals surface area contributed by atoms with Gasteiger partial charge in [-0.15, -0.1) is 0 Å². The highest BCUT2D eigenvalue weighted by atomic mass is 28.4. The van der Waals surface area contributed by atoms with Crippen LogP contribution in [0.1, 0.15) is 5.56 Å². The summed E-state index contributed by atoms with van der Waals surface area (Å²) in [7, 11) is 1.55. The molecule has 0 amide bonds. The van der Waals surface area contributed by atoms with Crippen molar-refractivity contribution in [2.24, 2.45) is 0 Å². The monoisotopic (exact) mass is 211 g/mol. The first kappa shape index (κ1) is 11.4. The van der Waals surface area contributed by atoms with Crippen molar-refractivity contribution < 1.29 is 8.85 Å². The van der Waals surface area contributed by atoms with Crippen LogP contribution in [0.15, 0.2) is 24.5 Å². The molecular formula is C10H17NO2Si. The fraction of sp³-hybridized carbons (Fsp3) is 0.500. The van der Waals surface area contributed by atoms with E-state index in [0.29, 0.717) is 0 Å². The Labute approximate surface area is 86.3 Å². The van der Waals surface area contributed by atoms with Crippen molar-refractivity contribution in [1.29, 1.82) is 0 Å². The third kappa shape index (κ3) is 3.21. The Morgan fingerprint density at radius 2 is 1.79 bits per heavy atom. The molecule has 3 nitrogen and oxygen atoms in total. The van der Waals surface area contributed by atoms with E-state index in [9.17, 15) is 0 Å². The molecule has 0 radical (unpaired) electrons. The molecule has 4 heteroatoms. The second-order valence-corrected chi connectivity index (χ2v) is 6.98. The summed E-state index contributed by atoms with van der Waals surface area (Å²) in [4.78, 5) is 3.98. The predicted octanol–water partition coefficient (Wildman–Crippen LogP) is 1.99. The van der Waals surface area contributed by atoms with Crippen molar-refractivity contribution in [2.45, 2.75) is 19.0 Å². The standard InChI is InChI=1S/C10H17NO2Si/c1-12-14(3,13-2)9-6-10-4-7-11-8-5-10/h4-5,7-8H,6,9H2,1-3H3. The molecule has 1 rings (SSSR count). The smallest absolute Gasteiger partial charge is 0.334 e. The molecule has 0 aliphatic rings. The second-order valence-electron chi connectivity index (χ2n) is 3.40. The minimum atomic E-state index is -1.90. The summed E-state index contributed by atoms with van der Waals surface area (Å²) in [5.74, 6) is 0. The number of rotatable bonds is 5. The Hall–Kier alpha value is -0.713. The maximum absolute atomic E-state index is 5.41. The number of hydrogen-bond donors (Lipinski definition) is 0. The van der Waals surface area contributed by atoms with Crippen LogP contribution < -0.4 is 0 Å². The van der Waals surface area contributed by atoms with Crippen LogP contribution in [0.3, 0.4) is 0 Å². The topological polar surface area (TPSA) is 31.4 Å². The van der Waals surface area contributed by atoms with E-state index < -0.39 is 8.56 Å². The quantitative estimate of drug-likeness (QED) is 0.698. The number of nitrogens with zero attached hydrogens (tertiary/aromatic N) is 1. The van der Waals surface area contributed by atoms with E-state index in [1.807, 2.05) is 24.5 Å². The average Bonchev–Trinajstić information content (AvgIpc) is 2.27. The fourth-order valence-corrected chi connectivity index (χ4v) is 2.53. The van der Waals surface area contributed by atoms with Crippen molar-refractivity contribution in [2.75, 3.05) is 14.2 Å². The first-order chi connectivity index (χ1) is 6.70. The van der Waals surface area contributed by atoms with E-state index in [0.717, 1.165) is 12.5 Å². The second kappa shape index (κ2) is 5.24. The van der Waals surface area contributed by atoms with E-state index in [1.165, 1.54) is 5.56 Å². The normalized spacial score (nSPS) is 11.6. The lowest BCUT2D eigenvalue weighted by molar-refractivity contribution is 0.249. The Balaban J connectivity index is 2.48. The largest absolute Gasteiger partial charge is 0.398 e. The Morgan fingerprint density at radius 3 is 2.29 bits per heavy atom. The lowest BCUT2D eigenvalue weighted by Crippen LogP contribution is -2.36. The van der Waals surface area contributed by atoms with Crippen molar-refractivity contribution in [3.63, 3.8) is 0 Å². The highest BCUT2D eigenvalue weighted by Gasteiger charge is 2.27. The molecule has 1 aromatic rings.